The van der Waals surface area contributed by atoms with E-state index in [1.54, 1.807) is 13.8 Å². The lowest BCUT2D eigenvalue weighted by atomic mass is 10.0. The molecule has 1 fully saturated rings. The first-order valence-corrected chi connectivity index (χ1v) is 8.39. The van der Waals surface area contributed by atoms with Crippen molar-refractivity contribution < 1.29 is 14.3 Å². The Labute approximate surface area is 148 Å². The first-order chi connectivity index (χ1) is 11.7. The van der Waals surface area contributed by atoms with Gasteiger partial charge in [-0.25, -0.2) is 0 Å². The third-order valence-corrected chi connectivity index (χ3v) is 4.26. The number of allylic oxidation sites excluding steroid dienone is 1. The maximum atomic E-state index is 12.7. The van der Waals surface area contributed by atoms with E-state index in [1.165, 1.54) is 0 Å². The standard InChI is InChI=1S/C19H27N3O3/c1-12(20)14-9-15(14)17(23)16(22-18(24)19(2,3)21)11-25-10-13-7-5-4-6-8-13/h4-8,14-16H,1,9-11,20-21H2,2-3H3,(H,22,24)/t14-,15?,16?/m0/s1. The number of hydrogen-bond donors (Lipinski definition) is 3. The van der Waals surface area contributed by atoms with Crippen molar-refractivity contribution in [2.24, 2.45) is 23.3 Å². The molecule has 6 nitrogen and oxygen atoms in total. The molecule has 6 heteroatoms. The molecule has 25 heavy (non-hydrogen) atoms. The Morgan fingerprint density at radius 1 is 1.32 bits per heavy atom. The summed E-state index contributed by atoms with van der Waals surface area (Å²) in [5.74, 6) is -0.684. The zero-order valence-electron chi connectivity index (χ0n) is 14.8. The minimum atomic E-state index is -1.07. The van der Waals surface area contributed by atoms with E-state index in [4.69, 9.17) is 16.2 Å². The van der Waals surface area contributed by atoms with Crippen LogP contribution in [-0.2, 0) is 20.9 Å². The van der Waals surface area contributed by atoms with Gasteiger partial charge < -0.3 is 21.5 Å². The molecule has 0 bridgehead atoms. The first kappa shape index (κ1) is 19.1. The highest BCUT2D eigenvalue weighted by Gasteiger charge is 2.46. The highest BCUT2D eigenvalue weighted by molar-refractivity contribution is 5.95. The average Bonchev–Trinajstić information content (AvgIpc) is 3.34. The predicted molar refractivity (Wildman–Crippen MR) is 96.2 cm³/mol. The molecular weight excluding hydrogens is 318 g/mol. The minimum Gasteiger partial charge on any atom is -0.402 e. The van der Waals surface area contributed by atoms with Crippen molar-refractivity contribution >= 4 is 11.7 Å². The Hall–Kier alpha value is -2.18. The van der Waals surface area contributed by atoms with Crippen LogP contribution in [0.4, 0.5) is 0 Å². The molecule has 1 aromatic carbocycles. The van der Waals surface area contributed by atoms with Gasteiger partial charge >= 0.3 is 0 Å². The van der Waals surface area contributed by atoms with Crippen molar-refractivity contribution in [2.45, 2.75) is 38.5 Å². The Bertz CT molecular complexity index is 637. The maximum absolute atomic E-state index is 12.7. The monoisotopic (exact) mass is 345 g/mol. The summed E-state index contributed by atoms with van der Waals surface area (Å²) in [7, 11) is 0. The minimum absolute atomic E-state index is 0.00749. The predicted octanol–water partition coefficient (Wildman–Crippen LogP) is 1.10. The van der Waals surface area contributed by atoms with Crippen molar-refractivity contribution in [3.05, 3.63) is 48.2 Å². The van der Waals surface area contributed by atoms with Crippen LogP contribution in [0.1, 0.15) is 25.8 Å². The SMILES string of the molecule is C=C(N)[C@@H]1CC1C(=O)C(COCc1ccccc1)NC(=O)C(C)(C)N. The van der Waals surface area contributed by atoms with Crippen molar-refractivity contribution in [2.75, 3.05) is 6.61 Å². The molecule has 2 unspecified atom stereocenters. The van der Waals surface area contributed by atoms with E-state index in [0.717, 1.165) is 5.56 Å². The van der Waals surface area contributed by atoms with E-state index in [-0.39, 0.29) is 24.2 Å². The molecule has 136 valence electrons. The third-order valence-electron chi connectivity index (χ3n) is 4.26. The molecule has 0 saturated heterocycles. The number of amides is 1. The number of ether oxygens (including phenoxy) is 1. The van der Waals surface area contributed by atoms with Crippen LogP contribution < -0.4 is 16.8 Å². The number of ketones is 1. The van der Waals surface area contributed by atoms with Crippen molar-refractivity contribution in [3.63, 3.8) is 0 Å². The van der Waals surface area contributed by atoms with E-state index in [0.29, 0.717) is 18.7 Å². The molecule has 1 saturated carbocycles. The summed E-state index contributed by atoms with van der Waals surface area (Å²) in [6, 6.07) is 8.89. The molecule has 1 aliphatic carbocycles. The van der Waals surface area contributed by atoms with Gasteiger partial charge in [0, 0.05) is 17.5 Å². The summed E-state index contributed by atoms with van der Waals surface area (Å²) in [5, 5.41) is 2.71. The molecule has 0 spiro atoms. The quantitative estimate of drug-likeness (QED) is 0.621. The number of rotatable bonds is 9. The van der Waals surface area contributed by atoms with Gasteiger partial charge in [-0.1, -0.05) is 36.9 Å². The Morgan fingerprint density at radius 2 is 1.96 bits per heavy atom. The van der Waals surface area contributed by atoms with Gasteiger partial charge in [-0.05, 0) is 25.8 Å². The van der Waals surface area contributed by atoms with Crippen LogP contribution in [0.15, 0.2) is 42.6 Å². The second kappa shape index (κ2) is 7.80. The lowest BCUT2D eigenvalue weighted by molar-refractivity contribution is -0.132. The summed E-state index contributed by atoms with van der Waals surface area (Å²) >= 11 is 0. The van der Waals surface area contributed by atoms with Crippen molar-refractivity contribution in [1.82, 2.24) is 5.32 Å². The number of nitrogens with one attached hydrogen (secondary N) is 1. The Balaban J connectivity index is 1.97. The van der Waals surface area contributed by atoms with Gasteiger partial charge in [-0.15, -0.1) is 0 Å². The molecule has 0 aromatic heterocycles. The molecule has 1 aliphatic rings. The van der Waals surface area contributed by atoms with Gasteiger partial charge in [0.05, 0.1) is 18.8 Å². The number of Topliss-reactive ketones (excluding diaryl/α,β-unsaturated/α-hetero) is 1. The number of carbonyl (C=O) groups is 2. The van der Waals surface area contributed by atoms with Gasteiger partial charge in [0.1, 0.15) is 6.04 Å². The largest absolute Gasteiger partial charge is 0.402 e. The van der Waals surface area contributed by atoms with Crippen LogP contribution in [0.2, 0.25) is 0 Å². The fourth-order valence-corrected chi connectivity index (χ4v) is 2.59. The van der Waals surface area contributed by atoms with Gasteiger partial charge in [0.2, 0.25) is 5.91 Å². The van der Waals surface area contributed by atoms with Gasteiger partial charge in [-0.3, -0.25) is 9.59 Å². The fraction of sp³-hybridized carbons (Fsp3) is 0.474. The zero-order chi connectivity index (χ0) is 18.6. The lowest BCUT2D eigenvalue weighted by Crippen LogP contribution is -2.55. The lowest BCUT2D eigenvalue weighted by Gasteiger charge is -2.23. The van der Waals surface area contributed by atoms with Crippen molar-refractivity contribution in [1.29, 1.82) is 0 Å². The van der Waals surface area contributed by atoms with Crippen LogP contribution >= 0.6 is 0 Å². The number of nitrogens with two attached hydrogens (primary N) is 2. The normalized spacial score (nSPS) is 20.6. The number of carbonyl (C=O) groups excluding carboxylic acids is 2. The van der Waals surface area contributed by atoms with E-state index in [1.807, 2.05) is 30.3 Å². The van der Waals surface area contributed by atoms with Crippen LogP contribution in [0.25, 0.3) is 0 Å². The highest BCUT2D eigenvalue weighted by atomic mass is 16.5. The molecule has 1 aromatic rings. The molecule has 0 heterocycles. The molecule has 0 aliphatic heterocycles. The summed E-state index contributed by atoms with van der Waals surface area (Å²) < 4.78 is 5.66. The van der Waals surface area contributed by atoms with E-state index < -0.39 is 17.5 Å². The van der Waals surface area contributed by atoms with E-state index >= 15 is 0 Å². The molecule has 3 atom stereocenters. The van der Waals surface area contributed by atoms with Crippen LogP contribution in [0.5, 0.6) is 0 Å². The summed E-state index contributed by atoms with van der Waals surface area (Å²) in [6.45, 7) is 7.34. The van der Waals surface area contributed by atoms with Crippen LogP contribution in [0, 0.1) is 11.8 Å². The average molecular weight is 345 g/mol. The Kier molecular flexibility index (Phi) is 5.98. The molecular formula is C19H27N3O3. The molecule has 1 amide bonds. The second-order valence-electron chi connectivity index (χ2n) is 7.17. The smallest absolute Gasteiger partial charge is 0.240 e. The molecule has 0 radical (unpaired) electrons. The summed E-state index contributed by atoms with van der Waals surface area (Å²) in [6.07, 6.45) is 0.672. The molecule has 2 rings (SSSR count). The van der Waals surface area contributed by atoms with Gasteiger partial charge in [0.15, 0.2) is 5.78 Å². The molecule has 5 N–H and O–H groups in total. The van der Waals surface area contributed by atoms with Gasteiger partial charge in [0.25, 0.3) is 0 Å². The second-order valence-corrected chi connectivity index (χ2v) is 7.17. The third kappa shape index (κ3) is 5.41. The van der Waals surface area contributed by atoms with E-state index in [9.17, 15) is 9.59 Å². The highest BCUT2D eigenvalue weighted by Crippen LogP contribution is 2.43. The zero-order valence-corrected chi connectivity index (χ0v) is 14.8. The number of benzene rings is 1. The maximum Gasteiger partial charge on any atom is 0.240 e. The van der Waals surface area contributed by atoms with Crippen LogP contribution in [-0.4, -0.2) is 29.9 Å². The number of hydrogen-bond acceptors (Lipinski definition) is 5. The Morgan fingerprint density at radius 3 is 2.48 bits per heavy atom. The van der Waals surface area contributed by atoms with Crippen LogP contribution in [0.3, 0.4) is 0 Å². The summed E-state index contributed by atoms with van der Waals surface area (Å²) in [5.41, 5.74) is 11.9. The van der Waals surface area contributed by atoms with Crippen molar-refractivity contribution in [3.8, 4) is 0 Å². The fourth-order valence-electron chi connectivity index (χ4n) is 2.59. The van der Waals surface area contributed by atoms with Gasteiger partial charge in [-0.2, -0.15) is 0 Å². The first-order valence-electron chi connectivity index (χ1n) is 8.39. The topological polar surface area (TPSA) is 107 Å². The van der Waals surface area contributed by atoms with E-state index in [2.05, 4.69) is 11.9 Å². The summed E-state index contributed by atoms with van der Waals surface area (Å²) in [4.78, 5) is 24.9.